The molecule has 5 nitrogen and oxygen atoms in total. The highest BCUT2D eigenvalue weighted by molar-refractivity contribution is 7.90. The average Bonchev–Trinajstić information content (AvgIpc) is 2.86. The van der Waals surface area contributed by atoms with E-state index in [0.29, 0.717) is 11.0 Å². The van der Waals surface area contributed by atoms with E-state index >= 15 is 0 Å². The highest BCUT2D eigenvalue weighted by Crippen LogP contribution is 2.25. The van der Waals surface area contributed by atoms with Crippen LogP contribution in [0, 0.1) is 0 Å². The van der Waals surface area contributed by atoms with Crippen molar-refractivity contribution in [3.8, 4) is 0 Å². The molecule has 0 spiro atoms. The summed E-state index contributed by atoms with van der Waals surface area (Å²) in [5.41, 5.74) is 1.04. The smallest absolute Gasteiger partial charge is 0.268 e. The van der Waals surface area contributed by atoms with E-state index in [0.717, 1.165) is 3.97 Å². The quantitative estimate of drug-likeness (QED) is 0.752. The third kappa shape index (κ3) is 2.31. The van der Waals surface area contributed by atoms with E-state index in [2.05, 4.69) is 4.98 Å². The van der Waals surface area contributed by atoms with Crippen LogP contribution in [0.3, 0.4) is 0 Å². The molecule has 3 aromatic rings. The van der Waals surface area contributed by atoms with Gasteiger partial charge in [0.05, 0.1) is 28.2 Å². The molecule has 0 saturated carbocycles. The molecule has 0 saturated heterocycles. The lowest BCUT2D eigenvalue weighted by atomic mass is 10.4. The highest BCUT2D eigenvalue weighted by atomic mass is 35.5. The largest absolute Gasteiger partial charge is 0.390 e. The third-order valence-corrected chi connectivity index (χ3v) is 5.09. The zero-order valence-corrected chi connectivity index (χ0v) is 12.3. The molecule has 0 fully saturated rings. The lowest BCUT2D eigenvalue weighted by Crippen LogP contribution is -2.15. The van der Waals surface area contributed by atoms with Crippen molar-refractivity contribution in [2.24, 2.45) is 0 Å². The molecule has 3 rings (SSSR count). The molecule has 0 aliphatic rings. The van der Waals surface area contributed by atoms with Crippen LogP contribution in [0.2, 0.25) is 5.15 Å². The SMILES string of the molecule is O=S(=O)(c1ccccc1)n1c(CO)cc2nc(Cl)ccc21. The van der Waals surface area contributed by atoms with Crippen LogP contribution in [0.4, 0.5) is 0 Å². The van der Waals surface area contributed by atoms with Crippen molar-refractivity contribution >= 4 is 32.7 Å². The number of aromatic nitrogens is 2. The predicted octanol–water partition coefficient (Wildman–Crippen LogP) is 2.42. The summed E-state index contributed by atoms with van der Waals surface area (Å²) in [6.07, 6.45) is 0. The van der Waals surface area contributed by atoms with E-state index in [1.807, 2.05) is 0 Å². The number of aliphatic hydroxyl groups is 1. The third-order valence-electron chi connectivity index (χ3n) is 3.09. The monoisotopic (exact) mass is 322 g/mol. The Hall–Kier alpha value is -1.89. The van der Waals surface area contributed by atoms with E-state index in [1.54, 1.807) is 24.3 Å². The van der Waals surface area contributed by atoms with Crippen molar-refractivity contribution in [3.05, 3.63) is 59.4 Å². The molecule has 21 heavy (non-hydrogen) atoms. The van der Waals surface area contributed by atoms with Gasteiger partial charge in [0.1, 0.15) is 5.15 Å². The summed E-state index contributed by atoms with van der Waals surface area (Å²) in [6.45, 7) is -0.417. The fraction of sp³-hybridized carbons (Fsp3) is 0.0714. The summed E-state index contributed by atoms with van der Waals surface area (Å²) < 4.78 is 26.6. The summed E-state index contributed by atoms with van der Waals surface area (Å²) in [5, 5.41) is 9.72. The molecular formula is C14H11ClN2O3S. The van der Waals surface area contributed by atoms with Gasteiger partial charge in [-0.1, -0.05) is 29.8 Å². The molecule has 2 aromatic heterocycles. The predicted molar refractivity (Wildman–Crippen MR) is 79.7 cm³/mol. The number of rotatable bonds is 3. The zero-order valence-electron chi connectivity index (χ0n) is 10.8. The zero-order chi connectivity index (χ0) is 15.0. The number of hydrogen-bond donors (Lipinski definition) is 1. The van der Waals surface area contributed by atoms with Crippen molar-refractivity contribution in [2.45, 2.75) is 11.5 Å². The Morgan fingerprint density at radius 2 is 1.86 bits per heavy atom. The number of pyridine rings is 1. The highest BCUT2D eigenvalue weighted by Gasteiger charge is 2.23. The minimum atomic E-state index is -3.80. The van der Waals surface area contributed by atoms with Gasteiger partial charge in [-0.15, -0.1) is 0 Å². The Morgan fingerprint density at radius 3 is 2.52 bits per heavy atom. The van der Waals surface area contributed by atoms with Crippen LogP contribution in [0.5, 0.6) is 0 Å². The number of nitrogens with zero attached hydrogens (tertiary/aromatic N) is 2. The Kier molecular flexibility index (Phi) is 3.44. The maximum Gasteiger partial charge on any atom is 0.268 e. The number of halogens is 1. The first-order valence-corrected chi connectivity index (χ1v) is 7.94. The van der Waals surface area contributed by atoms with E-state index < -0.39 is 16.6 Å². The lowest BCUT2D eigenvalue weighted by Gasteiger charge is -2.10. The fourth-order valence-electron chi connectivity index (χ4n) is 2.18. The number of benzene rings is 1. The maximum atomic E-state index is 12.8. The Bertz CT molecular complexity index is 905. The van der Waals surface area contributed by atoms with Crippen molar-refractivity contribution in [3.63, 3.8) is 0 Å². The number of fused-ring (bicyclic) bond motifs is 1. The van der Waals surface area contributed by atoms with Gasteiger partial charge in [-0.25, -0.2) is 17.4 Å². The molecule has 0 amide bonds. The molecule has 0 unspecified atom stereocenters. The van der Waals surface area contributed by atoms with Gasteiger partial charge in [0.2, 0.25) is 0 Å². The van der Waals surface area contributed by atoms with Crippen LogP contribution in [-0.2, 0) is 16.6 Å². The second kappa shape index (κ2) is 5.14. The van der Waals surface area contributed by atoms with Crippen molar-refractivity contribution in [1.82, 2.24) is 8.96 Å². The van der Waals surface area contributed by atoms with E-state index in [-0.39, 0.29) is 15.7 Å². The van der Waals surface area contributed by atoms with Crippen LogP contribution in [0.15, 0.2) is 53.4 Å². The van der Waals surface area contributed by atoms with Gasteiger partial charge in [0, 0.05) is 0 Å². The molecule has 0 aliphatic heterocycles. The van der Waals surface area contributed by atoms with Gasteiger partial charge in [-0.05, 0) is 30.3 Å². The van der Waals surface area contributed by atoms with Crippen molar-refractivity contribution in [2.75, 3.05) is 0 Å². The molecule has 2 heterocycles. The first kappa shape index (κ1) is 14.1. The summed E-state index contributed by atoms with van der Waals surface area (Å²) in [5.74, 6) is 0. The van der Waals surface area contributed by atoms with E-state index in [1.165, 1.54) is 24.3 Å². The Balaban J connectivity index is 2.34. The van der Waals surface area contributed by atoms with Crippen LogP contribution >= 0.6 is 11.6 Å². The van der Waals surface area contributed by atoms with Gasteiger partial charge >= 0.3 is 0 Å². The van der Waals surface area contributed by atoms with E-state index in [4.69, 9.17) is 11.6 Å². The minimum Gasteiger partial charge on any atom is -0.390 e. The second-order valence-electron chi connectivity index (χ2n) is 4.41. The molecule has 1 aromatic carbocycles. The normalized spacial score (nSPS) is 11.9. The molecule has 1 N–H and O–H groups in total. The fourth-order valence-corrected chi connectivity index (χ4v) is 3.88. The summed E-state index contributed by atoms with van der Waals surface area (Å²) in [6, 6.07) is 12.6. The van der Waals surface area contributed by atoms with Crippen LogP contribution in [-0.4, -0.2) is 22.5 Å². The van der Waals surface area contributed by atoms with E-state index in [9.17, 15) is 13.5 Å². The summed E-state index contributed by atoms with van der Waals surface area (Å²) in [4.78, 5) is 4.23. The van der Waals surface area contributed by atoms with Gasteiger partial charge < -0.3 is 5.11 Å². The molecule has 7 heteroatoms. The van der Waals surface area contributed by atoms with Crippen molar-refractivity contribution in [1.29, 1.82) is 0 Å². The van der Waals surface area contributed by atoms with Gasteiger partial charge in [0.15, 0.2) is 0 Å². The van der Waals surface area contributed by atoms with Gasteiger partial charge in [-0.2, -0.15) is 0 Å². The molecular weight excluding hydrogens is 312 g/mol. The number of aliphatic hydroxyl groups excluding tert-OH is 1. The topological polar surface area (TPSA) is 72.2 Å². The van der Waals surface area contributed by atoms with Crippen LogP contribution in [0.1, 0.15) is 5.69 Å². The second-order valence-corrected chi connectivity index (χ2v) is 6.59. The van der Waals surface area contributed by atoms with Gasteiger partial charge in [-0.3, -0.25) is 0 Å². The Labute approximate surface area is 126 Å². The summed E-state index contributed by atoms with van der Waals surface area (Å²) >= 11 is 5.82. The lowest BCUT2D eigenvalue weighted by molar-refractivity contribution is 0.276. The molecule has 0 atom stereocenters. The standard InChI is InChI=1S/C14H11ClN2O3S/c15-14-7-6-13-12(16-14)8-10(9-18)17(13)21(19,20)11-4-2-1-3-5-11/h1-8,18H,9H2. The Morgan fingerprint density at radius 1 is 1.14 bits per heavy atom. The van der Waals surface area contributed by atoms with Crippen molar-refractivity contribution < 1.29 is 13.5 Å². The van der Waals surface area contributed by atoms with Crippen LogP contribution in [0.25, 0.3) is 11.0 Å². The molecule has 0 aliphatic carbocycles. The first-order chi connectivity index (χ1) is 10.0. The molecule has 108 valence electrons. The first-order valence-electron chi connectivity index (χ1n) is 6.12. The summed E-state index contributed by atoms with van der Waals surface area (Å²) in [7, 11) is -3.80. The average molecular weight is 323 g/mol. The molecule has 0 bridgehead atoms. The number of hydrogen-bond acceptors (Lipinski definition) is 4. The molecule has 0 radical (unpaired) electrons. The van der Waals surface area contributed by atoms with Crippen LogP contribution < -0.4 is 0 Å². The maximum absolute atomic E-state index is 12.8. The minimum absolute atomic E-state index is 0.146. The van der Waals surface area contributed by atoms with Gasteiger partial charge in [0.25, 0.3) is 10.0 Å².